The summed E-state index contributed by atoms with van der Waals surface area (Å²) < 4.78 is 37.0. The maximum Gasteiger partial charge on any atom is 0.451 e. The van der Waals surface area contributed by atoms with E-state index in [0.717, 1.165) is 6.07 Å². The number of aliphatic hydroxyl groups excluding tert-OH is 2. The fourth-order valence-corrected chi connectivity index (χ4v) is 1.02. The molecule has 96 valence electrons. The fourth-order valence-electron chi connectivity index (χ4n) is 1.02. The van der Waals surface area contributed by atoms with Crippen LogP contribution in [0.2, 0.25) is 0 Å². The summed E-state index contributed by atoms with van der Waals surface area (Å²) >= 11 is 0. The van der Waals surface area contributed by atoms with Gasteiger partial charge >= 0.3 is 6.18 Å². The lowest BCUT2D eigenvalue weighted by atomic mass is 10.3. The van der Waals surface area contributed by atoms with Crippen LogP contribution in [-0.4, -0.2) is 39.4 Å². The molecule has 0 aromatic carbocycles. The maximum atomic E-state index is 12.3. The number of aliphatic hydroxyl groups is 2. The van der Waals surface area contributed by atoms with Gasteiger partial charge in [-0.3, -0.25) is 0 Å². The second-order valence-corrected chi connectivity index (χ2v) is 3.21. The monoisotopic (exact) mass is 252 g/mol. The van der Waals surface area contributed by atoms with Crippen LogP contribution >= 0.6 is 0 Å². The van der Waals surface area contributed by atoms with Crippen molar-refractivity contribution in [3.8, 4) is 0 Å². The van der Waals surface area contributed by atoms with Crippen molar-refractivity contribution >= 4 is 11.6 Å². The van der Waals surface area contributed by atoms with Gasteiger partial charge < -0.3 is 21.3 Å². The number of nitrogens with one attached hydrogen (secondary N) is 1. The third kappa shape index (κ3) is 3.71. The Kier molecular flexibility index (Phi) is 4.07. The van der Waals surface area contributed by atoms with Crippen molar-refractivity contribution in [3.05, 3.63) is 11.9 Å². The van der Waals surface area contributed by atoms with Gasteiger partial charge in [-0.05, 0) is 0 Å². The highest BCUT2D eigenvalue weighted by molar-refractivity contribution is 5.45. The first-order valence-electron chi connectivity index (χ1n) is 4.57. The fraction of sp³-hybridized carbons (Fsp3) is 0.500. The molecule has 17 heavy (non-hydrogen) atoms. The molecule has 0 aliphatic rings. The van der Waals surface area contributed by atoms with Crippen LogP contribution in [0.5, 0.6) is 0 Å². The summed E-state index contributed by atoms with van der Waals surface area (Å²) in [7, 11) is 0. The van der Waals surface area contributed by atoms with Crippen molar-refractivity contribution in [1.82, 2.24) is 9.97 Å². The van der Waals surface area contributed by atoms with E-state index in [1.54, 1.807) is 0 Å². The molecule has 9 heteroatoms. The zero-order valence-electron chi connectivity index (χ0n) is 8.57. The molecule has 1 aromatic rings. The maximum absolute atomic E-state index is 12.3. The molecule has 1 aromatic heterocycles. The summed E-state index contributed by atoms with van der Waals surface area (Å²) in [6.45, 7) is -0.913. The van der Waals surface area contributed by atoms with Crippen molar-refractivity contribution in [2.75, 3.05) is 24.3 Å². The first-order valence-corrected chi connectivity index (χ1v) is 4.57. The van der Waals surface area contributed by atoms with Gasteiger partial charge in [-0.1, -0.05) is 0 Å². The minimum Gasteiger partial charge on any atom is -0.394 e. The normalized spacial score (nSPS) is 11.9. The van der Waals surface area contributed by atoms with Gasteiger partial charge in [0, 0.05) is 6.07 Å². The van der Waals surface area contributed by atoms with Gasteiger partial charge in [-0.2, -0.15) is 13.2 Å². The largest absolute Gasteiger partial charge is 0.451 e. The van der Waals surface area contributed by atoms with Gasteiger partial charge in [0.1, 0.15) is 11.6 Å². The number of anilines is 2. The van der Waals surface area contributed by atoms with Gasteiger partial charge in [0.05, 0.1) is 19.3 Å². The van der Waals surface area contributed by atoms with Crippen molar-refractivity contribution in [2.24, 2.45) is 0 Å². The van der Waals surface area contributed by atoms with Crippen LogP contribution < -0.4 is 11.1 Å². The smallest absolute Gasteiger partial charge is 0.394 e. The van der Waals surface area contributed by atoms with E-state index in [4.69, 9.17) is 15.9 Å². The average Bonchev–Trinajstić information content (AvgIpc) is 2.24. The number of halogens is 3. The van der Waals surface area contributed by atoms with Crippen LogP contribution in [-0.2, 0) is 6.18 Å². The lowest BCUT2D eigenvalue weighted by Crippen LogP contribution is -2.28. The van der Waals surface area contributed by atoms with E-state index in [1.165, 1.54) is 0 Å². The lowest BCUT2D eigenvalue weighted by Gasteiger charge is -2.15. The summed E-state index contributed by atoms with van der Waals surface area (Å²) in [4.78, 5) is 6.23. The van der Waals surface area contributed by atoms with Crippen LogP contribution in [0.25, 0.3) is 0 Å². The first kappa shape index (κ1) is 13.5. The summed E-state index contributed by atoms with van der Waals surface area (Å²) in [5.74, 6) is -1.95. The molecule has 0 bridgehead atoms. The van der Waals surface area contributed by atoms with Crippen molar-refractivity contribution in [2.45, 2.75) is 12.2 Å². The van der Waals surface area contributed by atoms with Crippen LogP contribution in [0.4, 0.5) is 24.8 Å². The van der Waals surface area contributed by atoms with Gasteiger partial charge in [0.15, 0.2) is 0 Å². The highest BCUT2D eigenvalue weighted by Gasteiger charge is 2.35. The molecule has 6 nitrogen and oxygen atoms in total. The second kappa shape index (κ2) is 5.15. The Balaban J connectivity index is 2.97. The summed E-state index contributed by atoms with van der Waals surface area (Å²) in [5.41, 5.74) is 5.20. The Bertz CT molecular complexity index is 382. The Morgan fingerprint density at radius 2 is 1.88 bits per heavy atom. The molecule has 0 saturated heterocycles. The molecular weight excluding hydrogens is 241 g/mol. The van der Waals surface area contributed by atoms with E-state index in [1.807, 2.05) is 0 Å². The number of nitrogens with two attached hydrogens (primary N) is 1. The Morgan fingerprint density at radius 3 is 2.35 bits per heavy atom. The van der Waals surface area contributed by atoms with Crippen molar-refractivity contribution in [1.29, 1.82) is 0 Å². The molecule has 0 radical (unpaired) electrons. The third-order valence-electron chi connectivity index (χ3n) is 1.79. The molecule has 1 heterocycles. The number of rotatable bonds is 4. The molecule has 5 N–H and O–H groups in total. The number of nitrogens with zero attached hydrogens (tertiary/aromatic N) is 2. The van der Waals surface area contributed by atoms with E-state index in [0.29, 0.717) is 0 Å². The first-order chi connectivity index (χ1) is 7.86. The molecule has 0 unspecified atom stereocenters. The number of hydrogen-bond donors (Lipinski definition) is 4. The highest BCUT2D eigenvalue weighted by atomic mass is 19.4. The Hall–Kier alpha value is -1.61. The zero-order chi connectivity index (χ0) is 13.1. The molecule has 0 aliphatic carbocycles. The zero-order valence-corrected chi connectivity index (χ0v) is 8.57. The van der Waals surface area contributed by atoms with Crippen LogP contribution in [0.15, 0.2) is 6.07 Å². The van der Waals surface area contributed by atoms with Gasteiger partial charge in [-0.15, -0.1) is 0 Å². The minimum atomic E-state index is -4.71. The molecule has 1 rings (SSSR count). The molecule has 0 saturated carbocycles. The van der Waals surface area contributed by atoms with Crippen molar-refractivity contribution < 1.29 is 23.4 Å². The molecular formula is C8H11F3N4O2. The molecule has 0 aliphatic heterocycles. The summed E-state index contributed by atoms with van der Waals surface area (Å²) in [5, 5.41) is 19.9. The summed E-state index contributed by atoms with van der Waals surface area (Å²) in [6.07, 6.45) is -4.71. The molecule has 0 spiro atoms. The Morgan fingerprint density at radius 1 is 1.29 bits per heavy atom. The predicted molar refractivity (Wildman–Crippen MR) is 53.0 cm³/mol. The van der Waals surface area contributed by atoms with Crippen LogP contribution in [0.1, 0.15) is 5.82 Å². The quantitative estimate of drug-likeness (QED) is 0.593. The van der Waals surface area contributed by atoms with E-state index in [9.17, 15) is 13.2 Å². The van der Waals surface area contributed by atoms with Gasteiger partial charge in [0.2, 0.25) is 5.82 Å². The average molecular weight is 252 g/mol. The molecule has 0 fully saturated rings. The molecule has 0 amide bonds. The van der Waals surface area contributed by atoms with Crippen molar-refractivity contribution in [3.63, 3.8) is 0 Å². The van der Waals surface area contributed by atoms with E-state index >= 15 is 0 Å². The highest BCUT2D eigenvalue weighted by Crippen LogP contribution is 2.27. The van der Waals surface area contributed by atoms with Gasteiger partial charge in [-0.25, -0.2) is 9.97 Å². The molecule has 0 atom stereocenters. The summed E-state index contributed by atoms with van der Waals surface area (Å²) in [6, 6.07) is 0.262. The number of aromatic nitrogens is 2. The number of alkyl halides is 3. The third-order valence-corrected chi connectivity index (χ3v) is 1.79. The van der Waals surface area contributed by atoms with E-state index in [2.05, 4.69) is 15.3 Å². The van der Waals surface area contributed by atoms with Gasteiger partial charge in [0.25, 0.3) is 0 Å². The Labute approximate surface area is 94.3 Å². The minimum absolute atomic E-state index is 0.210. The number of hydrogen-bond acceptors (Lipinski definition) is 6. The predicted octanol–water partition coefficient (Wildman–Crippen LogP) is -0.157. The SMILES string of the molecule is Nc1cc(NC(CO)CO)nc(C(F)(F)F)n1. The van der Waals surface area contributed by atoms with Crippen LogP contribution in [0.3, 0.4) is 0 Å². The topological polar surface area (TPSA) is 104 Å². The van der Waals surface area contributed by atoms with E-state index < -0.39 is 31.3 Å². The number of nitrogen functional groups attached to an aromatic ring is 1. The lowest BCUT2D eigenvalue weighted by molar-refractivity contribution is -0.144. The standard InChI is InChI=1S/C8H11F3N4O2/c9-8(10,11)7-14-5(12)1-6(15-7)13-4(2-16)3-17/h1,4,16-17H,2-3H2,(H3,12,13,14,15). The second-order valence-electron chi connectivity index (χ2n) is 3.21. The van der Waals surface area contributed by atoms with E-state index in [-0.39, 0.29) is 11.6 Å². The van der Waals surface area contributed by atoms with Crippen LogP contribution in [0, 0.1) is 0 Å².